The van der Waals surface area contributed by atoms with Crippen LogP contribution in [0.4, 0.5) is 4.39 Å². The van der Waals surface area contributed by atoms with Crippen LogP contribution in [-0.2, 0) is 20.1 Å². The van der Waals surface area contributed by atoms with Crippen molar-refractivity contribution in [3.05, 3.63) is 53.1 Å². The Morgan fingerprint density at radius 3 is 2.68 bits per heavy atom. The molecule has 0 spiro atoms. The average Bonchev–Trinajstić information content (AvgIpc) is 2.73. The zero-order valence-electron chi connectivity index (χ0n) is 11.0. The predicted octanol–water partition coefficient (Wildman–Crippen LogP) is 2.06. The lowest BCUT2D eigenvalue weighted by molar-refractivity contribution is 0.318. The third kappa shape index (κ3) is 3.63. The number of hydrogen-bond donors (Lipinski definition) is 0. The average molecular weight is 258 g/mol. The molecular formula is C14H15FN4. The Bertz CT molecular complexity index is 612. The number of halogens is 1. The second-order valence-electron chi connectivity index (χ2n) is 4.65. The van der Waals surface area contributed by atoms with Gasteiger partial charge in [0.2, 0.25) is 0 Å². The van der Waals surface area contributed by atoms with Gasteiger partial charge in [-0.05, 0) is 30.8 Å². The fourth-order valence-electron chi connectivity index (χ4n) is 2.04. The number of nitrogens with zero attached hydrogens (tertiary/aromatic N) is 4. The molecule has 0 saturated heterocycles. The van der Waals surface area contributed by atoms with Crippen LogP contribution in [0.15, 0.2) is 30.6 Å². The summed E-state index contributed by atoms with van der Waals surface area (Å²) in [7, 11) is 3.82. The number of benzene rings is 1. The maximum Gasteiger partial charge on any atom is 0.124 e. The van der Waals surface area contributed by atoms with E-state index in [-0.39, 0.29) is 5.82 Å². The van der Waals surface area contributed by atoms with Gasteiger partial charge in [0.1, 0.15) is 5.82 Å². The summed E-state index contributed by atoms with van der Waals surface area (Å²) in [5.74, 6) is -0.371. The Kier molecular flexibility index (Phi) is 3.93. The first-order chi connectivity index (χ1) is 9.06. The molecule has 2 rings (SSSR count). The highest BCUT2D eigenvalue weighted by molar-refractivity contribution is 5.33. The fourth-order valence-corrected chi connectivity index (χ4v) is 2.04. The zero-order chi connectivity index (χ0) is 13.8. The topological polar surface area (TPSA) is 44.9 Å². The first kappa shape index (κ1) is 13.2. The molecule has 0 atom stereocenters. The molecular weight excluding hydrogens is 243 g/mol. The van der Waals surface area contributed by atoms with Crippen LogP contribution in [0.25, 0.3) is 0 Å². The maximum absolute atomic E-state index is 13.3. The predicted molar refractivity (Wildman–Crippen MR) is 69.5 cm³/mol. The third-order valence-electron chi connectivity index (χ3n) is 2.75. The minimum Gasteiger partial charge on any atom is -0.298 e. The van der Waals surface area contributed by atoms with Crippen molar-refractivity contribution in [2.45, 2.75) is 13.1 Å². The number of aromatic nitrogens is 2. The molecule has 1 aromatic carbocycles. The Morgan fingerprint density at radius 1 is 1.32 bits per heavy atom. The molecule has 2 aromatic rings. The van der Waals surface area contributed by atoms with Crippen molar-refractivity contribution in [1.82, 2.24) is 14.7 Å². The minimum atomic E-state index is -0.371. The lowest BCUT2D eigenvalue weighted by atomic mass is 10.1. The van der Waals surface area contributed by atoms with Gasteiger partial charge in [-0.25, -0.2) is 4.39 Å². The highest BCUT2D eigenvalue weighted by Gasteiger charge is 2.06. The number of hydrogen-bond acceptors (Lipinski definition) is 3. The van der Waals surface area contributed by atoms with Gasteiger partial charge in [-0.2, -0.15) is 10.4 Å². The Balaban J connectivity index is 2.04. The second-order valence-corrected chi connectivity index (χ2v) is 4.65. The van der Waals surface area contributed by atoms with E-state index in [0.29, 0.717) is 12.1 Å². The van der Waals surface area contributed by atoms with E-state index in [0.717, 1.165) is 17.7 Å². The second kappa shape index (κ2) is 5.63. The molecule has 19 heavy (non-hydrogen) atoms. The van der Waals surface area contributed by atoms with Gasteiger partial charge in [0.05, 0.1) is 17.8 Å². The van der Waals surface area contributed by atoms with Gasteiger partial charge in [0.25, 0.3) is 0 Å². The van der Waals surface area contributed by atoms with Crippen LogP contribution in [0, 0.1) is 17.1 Å². The molecule has 4 nitrogen and oxygen atoms in total. The Labute approximate surface area is 111 Å². The lowest BCUT2D eigenvalue weighted by Gasteiger charge is -2.15. The summed E-state index contributed by atoms with van der Waals surface area (Å²) in [6.45, 7) is 1.31. The quantitative estimate of drug-likeness (QED) is 0.843. The number of rotatable bonds is 4. The Hall–Kier alpha value is -2.19. The summed E-state index contributed by atoms with van der Waals surface area (Å²) >= 11 is 0. The number of aryl methyl sites for hydroxylation is 1. The zero-order valence-corrected chi connectivity index (χ0v) is 11.0. The van der Waals surface area contributed by atoms with E-state index in [9.17, 15) is 4.39 Å². The maximum atomic E-state index is 13.3. The van der Waals surface area contributed by atoms with Crippen LogP contribution < -0.4 is 0 Å². The normalized spacial score (nSPS) is 10.7. The molecule has 0 amide bonds. The summed E-state index contributed by atoms with van der Waals surface area (Å²) in [5, 5.41) is 12.9. The molecule has 0 bridgehead atoms. The molecule has 0 aliphatic heterocycles. The monoisotopic (exact) mass is 258 g/mol. The first-order valence-electron chi connectivity index (χ1n) is 5.92. The van der Waals surface area contributed by atoms with E-state index in [1.807, 2.05) is 37.5 Å². The summed E-state index contributed by atoms with van der Waals surface area (Å²) in [4.78, 5) is 2.05. The van der Waals surface area contributed by atoms with E-state index in [1.165, 1.54) is 12.1 Å². The van der Waals surface area contributed by atoms with Gasteiger partial charge in [-0.15, -0.1) is 0 Å². The largest absolute Gasteiger partial charge is 0.298 e. The molecule has 5 heteroatoms. The van der Waals surface area contributed by atoms with Crippen molar-refractivity contribution >= 4 is 0 Å². The van der Waals surface area contributed by atoms with Gasteiger partial charge in [-0.3, -0.25) is 9.58 Å². The third-order valence-corrected chi connectivity index (χ3v) is 2.75. The van der Waals surface area contributed by atoms with Crippen LogP contribution >= 0.6 is 0 Å². The number of nitriles is 1. The van der Waals surface area contributed by atoms with Gasteiger partial charge in [0, 0.05) is 31.9 Å². The molecule has 0 unspecified atom stereocenters. The van der Waals surface area contributed by atoms with Crippen LogP contribution in [0.5, 0.6) is 0 Å². The van der Waals surface area contributed by atoms with Crippen LogP contribution in [-0.4, -0.2) is 21.7 Å². The fraction of sp³-hybridized carbons (Fsp3) is 0.286. The van der Waals surface area contributed by atoms with Crippen molar-refractivity contribution in [3.8, 4) is 6.07 Å². The SMILES string of the molecule is CN(Cc1cc(F)cc(C#N)c1)Cc1cnn(C)c1. The molecule has 98 valence electrons. The van der Waals surface area contributed by atoms with E-state index < -0.39 is 0 Å². The van der Waals surface area contributed by atoms with E-state index in [2.05, 4.69) is 5.10 Å². The van der Waals surface area contributed by atoms with E-state index >= 15 is 0 Å². The first-order valence-corrected chi connectivity index (χ1v) is 5.92. The molecule has 0 fully saturated rings. The van der Waals surface area contributed by atoms with Gasteiger partial charge in [-0.1, -0.05) is 0 Å². The van der Waals surface area contributed by atoms with Crippen molar-refractivity contribution in [2.75, 3.05) is 7.05 Å². The van der Waals surface area contributed by atoms with E-state index in [1.54, 1.807) is 10.7 Å². The molecule has 0 saturated carbocycles. The molecule has 0 aliphatic rings. The van der Waals surface area contributed by atoms with Crippen LogP contribution in [0.1, 0.15) is 16.7 Å². The lowest BCUT2D eigenvalue weighted by Crippen LogP contribution is -2.17. The highest BCUT2D eigenvalue weighted by atomic mass is 19.1. The van der Waals surface area contributed by atoms with Gasteiger partial charge >= 0.3 is 0 Å². The van der Waals surface area contributed by atoms with Gasteiger partial charge < -0.3 is 0 Å². The smallest absolute Gasteiger partial charge is 0.124 e. The summed E-state index contributed by atoms with van der Waals surface area (Å²) in [6, 6.07) is 6.37. The molecule has 1 aromatic heterocycles. The van der Waals surface area contributed by atoms with Crippen molar-refractivity contribution in [3.63, 3.8) is 0 Å². The summed E-state index contributed by atoms with van der Waals surface area (Å²) in [6.07, 6.45) is 3.76. The molecule has 0 N–H and O–H groups in total. The van der Waals surface area contributed by atoms with Crippen molar-refractivity contribution < 1.29 is 4.39 Å². The summed E-state index contributed by atoms with van der Waals surface area (Å²) in [5.41, 5.74) is 2.25. The highest BCUT2D eigenvalue weighted by Crippen LogP contribution is 2.12. The molecule has 0 radical (unpaired) electrons. The van der Waals surface area contributed by atoms with Gasteiger partial charge in [0.15, 0.2) is 0 Å². The van der Waals surface area contributed by atoms with Crippen LogP contribution in [0.2, 0.25) is 0 Å². The summed E-state index contributed by atoms with van der Waals surface area (Å²) < 4.78 is 15.1. The standard InChI is InChI=1S/C14H15FN4/c1-18(9-13-7-17-19(2)10-13)8-12-3-11(6-16)4-14(15)5-12/h3-5,7,10H,8-9H2,1-2H3. The molecule has 1 heterocycles. The van der Waals surface area contributed by atoms with E-state index in [4.69, 9.17) is 5.26 Å². The van der Waals surface area contributed by atoms with Crippen molar-refractivity contribution in [2.24, 2.45) is 7.05 Å². The molecule has 0 aliphatic carbocycles. The minimum absolute atomic E-state index is 0.352. The Morgan fingerprint density at radius 2 is 2.05 bits per heavy atom. The van der Waals surface area contributed by atoms with Crippen LogP contribution in [0.3, 0.4) is 0 Å². The van der Waals surface area contributed by atoms with Crippen molar-refractivity contribution in [1.29, 1.82) is 5.26 Å².